The van der Waals surface area contributed by atoms with Gasteiger partial charge in [0.1, 0.15) is 11.5 Å². The Morgan fingerprint density at radius 2 is 1.89 bits per heavy atom. The standard InChI is InChI=1S/C28H25FN4O3/c1-3-7-20-10-15-25(26(16-20)35-2)36-19-27(34)31-30-17-22-18-33(24-8-5-4-6-9-24)32-28(22)21-11-13-23(29)14-12-21/h3-6,8-18H,1,7,19H2,2H3,(H,31,34)/b30-17-. The van der Waals surface area contributed by atoms with E-state index in [-0.39, 0.29) is 12.4 Å². The zero-order chi connectivity index (χ0) is 25.3. The molecule has 0 aliphatic heterocycles. The van der Waals surface area contributed by atoms with Crippen LogP contribution in [0.25, 0.3) is 16.9 Å². The number of benzene rings is 3. The first-order valence-corrected chi connectivity index (χ1v) is 11.2. The molecule has 0 spiro atoms. The molecule has 1 amide bonds. The van der Waals surface area contributed by atoms with Gasteiger partial charge in [0.15, 0.2) is 18.1 Å². The number of ether oxygens (including phenoxy) is 2. The van der Waals surface area contributed by atoms with Crippen LogP contribution in [0.3, 0.4) is 0 Å². The van der Waals surface area contributed by atoms with Crippen molar-refractivity contribution in [1.29, 1.82) is 0 Å². The topological polar surface area (TPSA) is 77.7 Å². The average molecular weight is 485 g/mol. The fraction of sp³-hybridized carbons (Fsp3) is 0.107. The number of para-hydroxylation sites is 1. The van der Waals surface area contributed by atoms with Gasteiger partial charge in [-0.1, -0.05) is 30.3 Å². The summed E-state index contributed by atoms with van der Waals surface area (Å²) in [6.45, 7) is 3.48. The zero-order valence-corrected chi connectivity index (χ0v) is 19.7. The summed E-state index contributed by atoms with van der Waals surface area (Å²) in [6.07, 6.45) is 5.78. The van der Waals surface area contributed by atoms with E-state index in [1.54, 1.807) is 42.3 Å². The number of carbonyl (C=O) groups is 1. The number of carbonyl (C=O) groups excluding carboxylic acids is 1. The molecule has 182 valence electrons. The molecule has 1 aromatic heterocycles. The van der Waals surface area contributed by atoms with Gasteiger partial charge in [-0.05, 0) is 60.5 Å². The van der Waals surface area contributed by atoms with Gasteiger partial charge in [-0.25, -0.2) is 14.5 Å². The molecular weight excluding hydrogens is 459 g/mol. The number of hydrazone groups is 1. The maximum absolute atomic E-state index is 13.4. The first kappa shape index (κ1) is 24.4. The quantitative estimate of drug-likeness (QED) is 0.196. The van der Waals surface area contributed by atoms with Crippen molar-refractivity contribution in [2.75, 3.05) is 13.7 Å². The van der Waals surface area contributed by atoms with Crippen molar-refractivity contribution in [2.24, 2.45) is 5.10 Å². The second-order valence-electron chi connectivity index (χ2n) is 7.78. The largest absolute Gasteiger partial charge is 0.493 e. The zero-order valence-electron chi connectivity index (χ0n) is 19.7. The number of nitrogens with one attached hydrogen (secondary N) is 1. The first-order chi connectivity index (χ1) is 17.6. The van der Waals surface area contributed by atoms with Crippen LogP contribution >= 0.6 is 0 Å². The second kappa shape index (κ2) is 11.6. The van der Waals surface area contributed by atoms with Gasteiger partial charge in [-0.2, -0.15) is 10.2 Å². The number of methoxy groups -OCH3 is 1. The van der Waals surface area contributed by atoms with Gasteiger partial charge in [0.05, 0.1) is 19.0 Å². The Morgan fingerprint density at radius 3 is 2.61 bits per heavy atom. The number of halogens is 1. The molecule has 0 saturated heterocycles. The van der Waals surface area contributed by atoms with E-state index in [4.69, 9.17) is 9.47 Å². The third kappa shape index (κ3) is 6.04. The van der Waals surface area contributed by atoms with Crippen LogP contribution in [0.15, 0.2) is 96.7 Å². The van der Waals surface area contributed by atoms with Crippen molar-refractivity contribution in [2.45, 2.75) is 6.42 Å². The van der Waals surface area contributed by atoms with E-state index in [0.29, 0.717) is 34.7 Å². The maximum atomic E-state index is 13.4. The molecule has 0 unspecified atom stereocenters. The Hall–Kier alpha value is -4.72. The van der Waals surface area contributed by atoms with E-state index in [0.717, 1.165) is 11.3 Å². The minimum atomic E-state index is -0.442. The fourth-order valence-corrected chi connectivity index (χ4v) is 3.50. The van der Waals surface area contributed by atoms with Gasteiger partial charge in [-0.3, -0.25) is 4.79 Å². The Balaban J connectivity index is 1.46. The summed E-state index contributed by atoms with van der Waals surface area (Å²) < 4.78 is 26.1. The van der Waals surface area contributed by atoms with Crippen LogP contribution in [0, 0.1) is 5.82 Å². The van der Waals surface area contributed by atoms with Crippen molar-refractivity contribution in [3.8, 4) is 28.4 Å². The van der Waals surface area contributed by atoms with Crippen LogP contribution in [-0.4, -0.2) is 35.6 Å². The molecule has 0 aliphatic rings. The van der Waals surface area contributed by atoms with Gasteiger partial charge in [0, 0.05) is 17.3 Å². The SMILES string of the molecule is C=CCc1ccc(OCC(=O)N/N=C\c2cn(-c3ccccc3)nc2-c2ccc(F)cc2)c(OC)c1. The van der Waals surface area contributed by atoms with Crippen molar-refractivity contribution in [3.63, 3.8) is 0 Å². The lowest BCUT2D eigenvalue weighted by atomic mass is 10.1. The number of hydrogen-bond donors (Lipinski definition) is 1. The summed E-state index contributed by atoms with van der Waals surface area (Å²) in [6, 6.07) is 21.1. The summed E-state index contributed by atoms with van der Waals surface area (Å²) in [5.74, 6) is 0.202. The molecule has 1 N–H and O–H groups in total. The average Bonchev–Trinajstić information content (AvgIpc) is 3.33. The molecule has 0 bridgehead atoms. The monoisotopic (exact) mass is 484 g/mol. The molecule has 0 aliphatic carbocycles. The van der Waals surface area contributed by atoms with Crippen LogP contribution in [0.1, 0.15) is 11.1 Å². The Labute approximate surface area is 208 Å². The van der Waals surface area contributed by atoms with E-state index < -0.39 is 5.91 Å². The van der Waals surface area contributed by atoms with Gasteiger partial charge in [-0.15, -0.1) is 6.58 Å². The van der Waals surface area contributed by atoms with Gasteiger partial charge in [0.2, 0.25) is 0 Å². The molecule has 0 fully saturated rings. The third-order valence-electron chi connectivity index (χ3n) is 5.24. The minimum Gasteiger partial charge on any atom is -0.493 e. The highest BCUT2D eigenvalue weighted by Gasteiger charge is 2.12. The van der Waals surface area contributed by atoms with Crippen molar-refractivity contribution in [1.82, 2.24) is 15.2 Å². The molecule has 7 nitrogen and oxygen atoms in total. The van der Waals surface area contributed by atoms with Crippen LogP contribution in [0.2, 0.25) is 0 Å². The van der Waals surface area contributed by atoms with Gasteiger partial charge in [0.25, 0.3) is 5.91 Å². The summed E-state index contributed by atoms with van der Waals surface area (Å²) in [7, 11) is 1.54. The smallest absolute Gasteiger partial charge is 0.277 e. The molecule has 0 atom stereocenters. The molecule has 36 heavy (non-hydrogen) atoms. The van der Waals surface area contributed by atoms with Crippen molar-refractivity contribution < 1.29 is 18.7 Å². The molecule has 8 heteroatoms. The van der Waals surface area contributed by atoms with E-state index in [1.807, 2.05) is 42.5 Å². The second-order valence-corrected chi connectivity index (χ2v) is 7.78. The third-order valence-corrected chi connectivity index (χ3v) is 5.24. The van der Waals surface area contributed by atoms with E-state index >= 15 is 0 Å². The fourth-order valence-electron chi connectivity index (χ4n) is 3.50. The van der Waals surface area contributed by atoms with Crippen molar-refractivity contribution >= 4 is 12.1 Å². The molecule has 1 heterocycles. The number of rotatable bonds is 10. The Kier molecular flexibility index (Phi) is 7.87. The Bertz CT molecular complexity index is 1370. The lowest BCUT2D eigenvalue weighted by molar-refractivity contribution is -0.123. The number of hydrogen-bond acceptors (Lipinski definition) is 5. The molecule has 3 aromatic carbocycles. The number of allylic oxidation sites excluding steroid dienone is 1. The Morgan fingerprint density at radius 1 is 1.11 bits per heavy atom. The first-order valence-electron chi connectivity index (χ1n) is 11.2. The molecular formula is C28H25FN4O3. The highest BCUT2D eigenvalue weighted by molar-refractivity contribution is 5.89. The maximum Gasteiger partial charge on any atom is 0.277 e. The van der Waals surface area contributed by atoms with Crippen LogP contribution in [0.5, 0.6) is 11.5 Å². The highest BCUT2D eigenvalue weighted by Crippen LogP contribution is 2.28. The van der Waals surface area contributed by atoms with E-state index in [1.165, 1.54) is 18.3 Å². The summed E-state index contributed by atoms with van der Waals surface area (Å²) in [5, 5.41) is 8.71. The number of aromatic nitrogens is 2. The lowest BCUT2D eigenvalue weighted by Crippen LogP contribution is -2.24. The molecule has 4 rings (SSSR count). The van der Waals surface area contributed by atoms with Crippen LogP contribution in [0.4, 0.5) is 4.39 Å². The minimum absolute atomic E-state index is 0.247. The number of nitrogens with zero attached hydrogens (tertiary/aromatic N) is 3. The lowest BCUT2D eigenvalue weighted by Gasteiger charge is -2.11. The van der Waals surface area contributed by atoms with Crippen LogP contribution < -0.4 is 14.9 Å². The summed E-state index contributed by atoms with van der Waals surface area (Å²) in [4.78, 5) is 12.3. The van der Waals surface area contributed by atoms with Crippen molar-refractivity contribution in [3.05, 3.63) is 109 Å². The summed E-state index contributed by atoms with van der Waals surface area (Å²) in [5.41, 5.74) is 6.30. The van der Waals surface area contributed by atoms with E-state index in [9.17, 15) is 9.18 Å². The number of amides is 1. The molecule has 4 aromatic rings. The van der Waals surface area contributed by atoms with E-state index in [2.05, 4.69) is 22.2 Å². The van der Waals surface area contributed by atoms with Crippen LogP contribution in [-0.2, 0) is 11.2 Å². The summed E-state index contributed by atoms with van der Waals surface area (Å²) >= 11 is 0. The highest BCUT2D eigenvalue weighted by atomic mass is 19.1. The van der Waals surface area contributed by atoms with Gasteiger partial charge < -0.3 is 9.47 Å². The predicted octanol–water partition coefficient (Wildman–Crippen LogP) is 4.94. The molecule has 0 radical (unpaired) electrons. The predicted molar refractivity (Wildman–Crippen MR) is 137 cm³/mol. The normalized spacial score (nSPS) is 10.8. The van der Waals surface area contributed by atoms with Gasteiger partial charge >= 0.3 is 0 Å². The molecule has 0 saturated carbocycles.